The molecule has 30 nitrogen and oxygen atoms in total. The number of esters is 1. The van der Waals surface area contributed by atoms with Crippen LogP contribution in [0.3, 0.4) is 0 Å². The van der Waals surface area contributed by atoms with Crippen molar-refractivity contribution in [1.82, 2.24) is 0 Å². The van der Waals surface area contributed by atoms with Gasteiger partial charge in [-0.05, 0) is 104 Å². The summed E-state index contributed by atoms with van der Waals surface area (Å²) in [5.74, 6) is -1.33. The van der Waals surface area contributed by atoms with Crippen molar-refractivity contribution in [3.63, 3.8) is 0 Å². The van der Waals surface area contributed by atoms with Crippen molar-refractivity contribution >= 4 is 5.97 Å². The van der Waals surface area contributed by atoms with Crippen LogP contribution in [0.15, 0.2) is 11.6 Å². The highest BCUT2D eigenvalue weighted by Crippen LogP contribution is 2.76. The second-order valence-corrected chi connectivity index (χ2v) is 30.2. The number of fused-ring (bicyclic) bond motifs is 7. The van der Waals surface area contributed by atoms with Gasteiger partial charge in [-0.15, -0.1) is 0 Å². The zero-order valence-electron chi connectivity index (χ0n) is 53.0. The molecule has 11 aliphatic rings. The summed E-state index contributed by atoms with van der Waals surface area (Å²) in [6.07, 6.45) is -34.9. The molecule has 5 aliphatic carbocycles. The number of hydrogen-bond donors (Lipinski definition) is 17. The lowest BCUT2D eigenvalue weighted by molar-refractivity contribution is -0.372. The first-order valence-corrected chi connectivity index (χ1v) is 32.5. The summed E-state index contributed by atoms with van der Waals surface area (Å²) < 4.78 is 70.6. The SMILES string of the molecule is C[C@@H]1O[C@@H](O[C@H]2[C@H](OC(=O)[C@]34CCC(C)(C)C[C@H]3C3=CC[C@@H]5[C@@]6(C)C[C@H](O)[C@H](O[C@@H]7O[C@H](CO)[C@@H](O)[C@H](O[C@@H]8OC[C@@H](O)[C@H](O)[C@H]8O)[C@H]7O)[C@@](C)(CO)[C@@H]6CC[C@@]5(C)[C@]3(C)CC4)OC[C@H](O)[C@@H]2O)[C@H](O)[C@H](O)[C@H]1O[C@@H]1OC[C@@H](O)[C@H](O[C@@H]2OC[C@](O)(CO)[C@H]2O)[C@H]1O. The van der Waals surface area contributed by atoms with Gasteiger partial charge in [0.25, 0.3) is 0 Å². The van der Waals surface area contributed by atoms with Gasteiger partial charge in [-0.2, -0.15) is 0 Å². The maximum Gasteiger partial charge on any atom is 0.315 e. The van der Waals surface area contributed by atoms with E-state index in [1.807, 2.05) is 6.92 Å². The van der Waals surface area contributed by atoms with Gasteiger partial charge in [0.1, 0.15) is 103 Å². The van der Waals surface area contributed by atoms with E-state index in [0.717, 1.165) is 5.57 Å². The van der Waals surface area contributed by atoms with Gasteiger partial charge in [0.05, 0.1) is 70.0 Å². The summed E-state index contributed by atoms with van der Waals surface area (Å²) in [6.45, 7) is 10.3. The zero-order chi connectivity index (χ0) is 66.9. The number of allylic oxidation sites excluding steroid dienone is 2. The Balaban J connectivity index is 0.785. The monoisotopic (exact) mass is 1320 g/mol. The molecule has 6 aliphatic heterocycles. The predicted molar refractivity (Wildman–Crippen MR) is 305 cm³/mol. The van der Waals surface area contributed by atoms with E-state index in [9.17, 15) is 86.8 Å². The van der Waals surface area contributed by atoms with Crippen LogP contribution in [0.1, 0.15) is 106 Å². The van der Waals surface area contributed by atoms with E-state index in [-0.39, 0.29) is 29.6 Å². The Morgan fingerprint density at radius 3 is 1.79 bits per heavy atom. The van der Waals surface area contributed by atoms with E-state index in [2.05, 4.69) is 40.7 Å². The third-order valence-electron chi connectivity index (χ3n) is 24.3. The fourth-order valence-electron chi connectivity index (χ4n) is 18.5. The molecule has 92 heavy (non-hydrogen) atoms. The molecule has 10 fully saturated rings. The predicted octanol–water partition coefficient (Wildman–Crippen LogP) is -4.86. The van der Waals surface area contributed by atoms with Crippen molar-refractivity contribution in [2.24, 2.45) is 50.2 Å². The number of carbonyl (C=O) groups is 1. The van der Waals surface area contributed by atoms with Gasteiger partial charge in [0.2, 0.25) is 6.29 Å². The Morgan fingerprint density at radius 1 is 0.543 bits per heavy atom. The normalized spacial score (nSPS) is 55.3. The van der Waals surface area contributed by atoms with Crippen molar-refractivity contribution in [1.29, 1.82) is 0 Å². The fourth-order valence-corrected chi connectivity index (χ4v) is 18.5. The van der Waals surface area contributed by atoms with Gasteiger partial charge in [0.15, 0.2) is 37.6 Å². The lowest BCUT2D eigenvalue weighted by Crippen LogP contribution is -2.70. The minimum Gasteiger partial charge on any atom is -0.432 e. The van der Waals surface area contributed by atoms with Crippen LogP contribution in [0.4, 0.5) is 0 Å². The second-order valence-electron chi connectivity index (χ2n) is 30.2. The first kappa shape index (κ1) is 71.4. The number of aliphatic hydroxyl groups excluding tert-OH is 16. The number of rotatable bonds is 15. The molecule has 0 aromatic rings. The fraction of sp³-hybridized carbons (Fsp3) is 0.952. The molecule has 528 valence electrons. The van der Waals surface area contributed by atoms with E-state index in [0.29, 0.717) is 51.4 Å². The van der Waals surface area contributed by atoms with Crippen LogP contribution >= 0.6 is 0 Å². The van der Waals surface area contributed by atoms with E-state index < -0.39 is 245 Å². The van der Waals surface area contributed by atoms with Gasteiger partial charge in [-0.3, -0.25) is 4.79 Å². The molecule has 17 N–H and O–H groups in total. The summed E-state index contributed by atoms with van der Waals surface area (Å²) in [6, 6.07) is 0. The Bertz CT molecular complexity index is 2610. The molecule has 0 amide bonds. The highest BCUT2D eigenvalue weighted by Gasteiger charge is 2.72. The van der Waals surface area contributed by atoms with Crippen LogP contribution in [0.2, 0.25) is 0 Å². The highest BCUT2D eigenvalue weighted by molar-refractivity contribution is 5.79. The quantitative estimate of drug-likeness (QED) is 0.0415. The molecule has 35 atom stereocenters. The molecular weight excluding hydrogens is 1220 g/mol. The topological polar surface area (TPSA) is 472 Å². The van der Waals surface area contributed by atoms with Gasteiger partial charge < -0.3 is 144 Å². The molecule has 0 radical (unpaired) electrons. The maximum atomic E-state index is 15.5. The van der Waals surface area contributed by atoms with Crippen molar-refractivity contribution < 1.29 is 148 Å². The molecule has 0 unspecified atom stereocenters. The molecule has 11 rings (SSSR count). The van der Waals surface area contributed by atoms with Gasteiger partial charge in [-0.1, -0.05) is 53.2 Å². The molecule has 0 aromatic carbocycles. The van der Waals surface area contributed by atoms with E-state index in [1.54, 1.807) is 0 Å². The third kappa shape index (κ3) is 11.9. The third-order valence-corrected chi connectivity index (χ3v) is 24.3. The molecule has 0 aromatic heterocycles. The minimum absolute atomic E-state index is 0.0832. The Labute approximate surface area is 532 Å². The first-order chi connectivity index (χ1) is 43.2. The number of ether oxygens (including phenoxy) is 12. The van der Waals surface area contributed by atoms with Gasteiger partial charge >= 0.3 is 5.97 Å². The highest BCUT2D eigenvalue weighted by atomic mass is 16.8. The summed E-state index contributed by atoms with van der Waals surface area (Å²) in [5.41, 5.74) is -5.06. The number of aliphatic hydroxyl groups is 17. The van der Waals surface area contributed by atoms with Crippen molar-refractivity contribution in [3.8, 4) is 0 Å². The van der Waals surface area contributed by atoms with Gasteiger partial charge in [0, 0.05) is 5.41 Å². The molecule has 4 saturated carbocycles. The largest absolute Gasteiger partial charge is 0.432 e. The lowest BCUT2D eigenvalue weighted by Gasteiger charge is -2.72. The van der Waals surface area contributed by atoms with Crippen molar-refractivity contribution in [2.75, 3.05) is 46.2 Å². The van der Waals surface area contributed by atoms with Crippen LogP contribution in [0, 0.1) is 50.2 Å². The molecule has 0 bridgehead atoms. The average Bonchev–Trinajstić information content (AvgIpc) is 0.730. The number of carbonyl (C=O) groups excluding carboxylic acids is 1. The van der Waals surface area contributed by atoms with E-state index in [1.165, 1.54) is 6.92 Å². The van der Waals surface area contributed by atoms with Gasteiger partial charge in [-0.25, -0.2) is 0 Å². The summed E-state index contributed by atoms with van der Waals surface area (Å²) in [7, 11) is 0. The van der Waals surface area contributed by atoms with Crippen molar-refractivity contribution in [3.05, 3.63) is 11.6 Å². The van der Waals surface area contributed by atoms with Crippen LogP contribution < -0.4 is 0 Å². The molecule has 6 heterocycles. The minimum atomic E-state index is -2.07. The van der Waals surface area contributed by atoms with Crippen LogP contribution in [-0.4, -0.2) is 304 Å². The van der Waals surface area contributed by atoms with Crippen LogP contribution in [-0.2, 0) is 61.6 Å². The van der Waals surface area contributed by atoms with E-state index >= 15 is 4.79 Å². The summed E-state index contributed by atoms with van der Waals surface area (Å²) in [4.78, 5) is 15.5. The van der Waals surface area contributed by atoms with Crippen LogP contribution in [0.25, 0.3) is 0 Å². The molecular formula is C62H100O30. The van der Waals surface area contributed by atoms with E-state index in [4.69, 9.17) is 56.8 Å². The average molecular weight is 1330 g/mol. The van der Waals surface area contributed by atoms with Crippen molar-refractivity contribution in [2.45, 2.75) is 272 Å². The molecule has 0 spiro atoms. The van der Waals surface area contributed by atoms with Crippen LogP contribution in [0.5, 0.6) is 0 Å². The zero-order valence-corrected chi connectivity index (χ0v) is 53.0. The lowest BCUT2D eigenvalue weighted by atomic mass is 9.33. The Kier molecular flexibility index (Phi) is 20.4. The first-order valence-electron chi connectivity index (χ1n) is 32.5. The summed E-state index contributed by atoms with van der Waals surface area (Å²) in [5, 5.41) is 187. The Hall–Kier alpha value is -1.91. The summed E-state index contributed by atoms with van der Waals surface area (Å²) >= 11 is 0. The smallest absolute Gasteiger partial charge is 0.315 e. The molecule has 6 saturated heterocycles. The standard InChI is InChI=1S/C62H100O30/c1-25-43(87-50-41(76)44(31(69)21-82-50)88-54-47(78)62(80,23-65)24-84-54)38(73)40(75)51(85-25)90-46-36(71)30(68)20-83-53(46)92-55(79)61-14-12-56(2,3)16-27(61)26-8-9-34-57(4)17-28(66)48(58(5,22-64)33(57)10-11-60(34,7)59(26,6)13-15-61)91-52-42(77)45(37(72)32(18-63)86-52)89-49-39(74)35(70)29(67)19-81-49/h8,25,27-54,63-78,80H,9-24H2,1-7H3/t25-,27-,28-,29+,30-,31+,32+,33+,34+,35-,36-,37+,38-,39+,40+,41+,42+,43-,44-,45-,46+,47-,48-,49-,50-,51-,52-,53-,54-,57-,58-,59+,60+,61-,62+/m0/s1. The maximum absolute atomic E-state index is 15.5. The molecule has 30 heteroatoms. The number of hydrogen-bond acceptors (Lipinski definition) is 30. The Morgan fingerprint density at radius 2 is 1.13 bits per heavy atom. The second kappa shape index (κ2) is 26.3.